The lowest BCUT2D eigenvalue weighted by Gasteiger charge is -2.27. The first-order valence-electron chi connectivity index (χ1n) is 4.96. The van der Waals surface area contributed by atoms with Crippen molar-refractivity contribution in [1.82, 2.24) is 5.32 Å². The Labute approximate surface area is 89.7 Å². The molecule has 0 amide bonds. The van der Waals surface area contributed by atoms with Crippen molar-refractivity contribution in [2.45, 2.75) is 6.92 Å². The van der Waals surface area contributed by atoms with Crippen molar-refractivity contribution in [2.24, 2.45) is 5.92 Å². The van der Waals surface area contributed by atoms with Crippen LogP contribution in [0.15, 0.2) is 18.2 Å². The summed E-state index contributed by atoms with van der Waals surface area (Å²) < 4.78 is 0. The van der Waals surface area contributed by atoms with Crippen molar-refractivity contribution >= 4 is 17.3 Å². The summed E-state index contributed by atoms with van der Waals surface area (Å²) >= 11 is 5.88. The van der Waals surface area contributed by atoms with Crippen molar-refractivity contribution in [3.8, 4) is 0 Å². The summed E-state index contributed by atoms with van der Waals surface area (Å²) in [4.78, 5) is 0. The molecule has 2 nitrogen and oxygen atoms in total. The lowest BCUT2D eigenvalue weighted by atomic mass is 10.0. The maximum absolute atomic E-state index is 5.88. The van der Waals surface area contributed by atoms with Gasteiger partial charge in [0, 0.05) is 36.3 Å². The maximum atomic E-state index is 5.88. The van der Waals surface area contributed by atoms with Gasteiger partial charge in [-0.2, -0.15) is 0 Å². The second-order valence-corrected chi connectivity index (χ2v) is 4.30. The summed E-state index contributed by atoms with van der Waals surface area (Å²) in [5.74, 6) is 0.782. The van der Waals surface area contributed by atoms with Crippen molar-refractivity contribution in [2.75, 3.05) is 25.0 Å². The van der Waals surface area contributed by atoms with Gasteiger partial charge in [-0.05, 0) is 30.7 Å². The highest BCUT2D eigenvalue weighted by atomic mass is 35.5. The first-order valence-corrected chi connectivity index (χ1v) is 5.34. The van der Waals surface area contributed by atoms with Gasteiger partial charge in [-0.15, -0.1) is 0 Å². The Kier molecular flexibility index (Phi) is 2.94. The van der Waals surface area contributed by atoms with Crippen LogP contribution in [-0.4, -0.2) is 19.6 Å². The van der Waals surface area contributed by atoms with E-state index in [2.05, 4.69) is 17.6 Å². The number of benzene rings is 1. The molecule has 2 N–H and O–H groups in total. The SMILES string of the molecule is Cc1cc(Cl)ccc1NCC1CNC1. The van der Waals surface area contributed by atoms with Gasteiger partial charge >= 0.3 is 0 Å². The molecule has 1 aliphatic rings. The second-order valence-electron chi connectivity index (χ2n) is 3.86. The van der Waals surface area contributed by atoms with Crippen molar-refractivity contribution in [1.29, 1.82) is 0 Å². The van der Waals surface area contributed by atoms with Gasteiger partial charge in [-0.25, -0.2) is 0 Å². The van der Waals surface area contributed by atoms with Gasteiger partial charge in [0.25, 0.3) is 0 Å². The minimum atomic E-state index is 0.782. The van der Waals surface area contributed by atoms with Gasteiger partial charge in [0.1, 0.15) is 0 Å². The highest BCUT2D eigenvalue weighted by Gasteiger charge is 2.15. The Bertz CT molecular complexity index is 321. The van der Waals surface area contributed by atoms with E-state index < -0.39 is 0 Å². The fourth-order valence-corrected chi connectivity index (χ4v) is 1.80. The zero-order valence-corrected chi connectivity index (χ0v) is 9.06. The molecule has 3 heteroatoms. The summed E-state index contributed by atoms with van der Waals surface area (Å²) in [5.41, 5.74) is 2.41. The van der Waals surface area contributed by atoms with Crippen LogP contribution in [0.1, 0.15) is 5.56 Å². The Morgan fingerprint density at radius 2 is 2.29 bits per heavy atom. The molecule has 76 valence electrons. The topological polar surface area (TPSA) is 24.1 Å². The fourth-order valence-electron chi connectivity index (χ4n) is 1.57. The molecule has 0 unspecified atom stereocenters. The lowest BCUT2D eigenvalue weighted by Crippen LogP contribution is -2.45. The predicted molar refractivity (Wildman–Crippen MR) is 61.0 cm³/mol. The van der Waals surface area contributed by atoms with Gasteiger partial charge in [-0.1, -0.05) is 11.6 Å². The molecule has 1 aromatic carbocycles. The molecule has 1 aromatic rings. The van der Waals surface area contributed by atoms with Gasteiger partial charge < -0.3 is 10.6 Å². The monoisotopic (exact) mass is 210 g/mol. The molecule has 0 atom stereocenters. The highest BCUT2D eigenvalue weighted by molar-refractivity contribution is 6.30. The van der Waals surface area contributed by atoms with Crippen molar-refractivity contribution < 1.29 is 0 Å². The first kappa shape index (κ1) is 9.81. The van der Waals surface area contributed by atoms with Gasteiger partial charge in [-0.3, -0.25) is 0 Å². The fraction of sp³-hybridized carbons (Fsp3) is 0.455. The summed E-state index contributed by atoms with van der Waals surface area (Å²) in [6, 6.07) is 5.96. The zero-order chi connectivity index (χ0) is 9.97. The van der Waals surface area contributed by atoms with Crippen LogP contribution in [0.2, 0.25) is 5.02 Å². The van der Waals surface area contributed by atoms with Gasteiger partial charge in [0.2, 0.25) is 0 Å². The van der Waals surface area contributed by atoms with E-state index in [9.17, 15) is 0 Å². The summed E-state index contributed by atoms with van der Waals surface area (Å²) in [7, 11) is 0. The number of rotatable bonds is 3. The average molecular weight is 211 g/mol. The molecule has 0 bridgehead atoms. The number of nitrogens with one attached hydrogen (secondary N) is 2. The number of anilines is 1. The van der Waals surface area contributed by atoms with Crippen LogP contribution in [0.3, 0.4) is 0 Å². The van der Waals surface area contributed by atoms with Gasteiger partial charge in [0.15, 0.2) is 0 Å². The quantitative estimate of drug-likeness (QED) is 0.800. The Balaban J connectivity index is 1.94. The first-order chi connectivity index (χ1) is 6.75. The van der Waals surface area contributed by atoms with E-state index in [4.69, 9.17) is 11.6 Å². The molecule has 1 aliphatic heterocycles. The van der Waals surface area contributed by atoms with Crippen LogP contribution in [-0.2, 0) is 0 Å². The van der Waals surface area contributed by atoms with E-state index in [1.165, 1.54) is 11.3 Å². The number of hydrogen-bond acceptors (Lipinski definition) is 2. The lowest BCUT2D eigenvalue weighted by molar-refractivity contribution is 0.365. The third kappa shape index (κ3) is 2.20. The third-order valence-electron chi connectivity index (χ3n) is 2.64. The highest BCUT2D eigenvalue weighted by Crippen LogP contribution is 2.20. The number of aryl methyl sites for hydroxylation is 1. The molecule has 1 fully saturated rings. The minimum absolute atomic E-state index is 0.782. The predicted octanol–water partition coefficient (Wildman–Crippen LogP) is 2.28. The summed E-state index contributed by atoms with van der Waals surface area (Å²) in [6.45, 7) is 5.40. The molecule has 0 aliphatic carbocycles. The molecule has 0 spiro atoms. The largest absolute Gasteiger partial charge is 0.384 e. The Hall–Kier alpha value is -0.730. The van der Waals surface area contributed by atoms with E-state index in [-0.39, 0.29) is 0 Å². The van der Waals surface area contributed by atoms with Crippen LogP contribution in [0, 0.1) is 12.8 Å². The van der Waals surface area contributed by atoms with E-state index in [0.717, 1.165) is 30.6 Å². The third-order valence-corrected chi connectivity index (χ3v) is 2.87. The van der Waals surface area contributed by atoms with Crippen LogP contribution < -0.4 is 10.6 Å². The zero-order valence-electron chi connectivity index (χ0n) is 8.31. The maximum Gasteiger partial charge on any atom is 0.0410 e. The Morgan fingerprint density at radius 1 is 1.50 bits per heavy atom. The van der Waals surface area contributed by atoms with Crippen LogP contribution in [0.25, 0.3) is 0 Å². The molecule has 14 heavy (non-hydrogen) atoms. The molecular weight excluding hydrogens is 196 g/mol. The van der Waals surface area contributed by atoms with Gasteiger partial charge in [0.05, 0.1) is 0 Å². The summed E-state index contributed by atoms with van der Waals surface area (Å²) in [6.07, 6.45) is 0. The molecule has 0 aromatic heterocycles. The number of hydrogen-bond donors (Lipinski definition) is 2. The van der Waals surface area contributed by atoms with Crippen LogP contribution >= 0.6 is 11.6 Å². The standard InChI is InChI=1S/C11H15ClN2/c1-8-4-10(12)2-3-11(8)14-7-9-5-13-6-9/h2-4,9,13-14H,5-7H2,1H3. The van der Waals surface area contributed by atoms with Crippen LogP contribution in [0.4, 0.5) is 5.69 Å². The Morgan fingerprint density at radius 3 is 2.86 bits per heavy atom. The van der Waals surface area contributed by atoms with E-state index in [1.54, 1.807) is 0 Å². The number of halogens is 1. The van der Waals surface area contributed by atoms with E-state index >= 15 is 0 Å². The van der Waals surface area contributed by atoms with E-state index in [0.29, 0.717) is 0 Å². The molecule has 2 rings (SSSR count). The molecule has 0 radical (unpaired) electrons. The van der Waals surface area contributed by atoms with Crippen molar-refractivity contribution in [3.63, 3.8) is 0 Å². The molecule has 0 saturated carbocycles. The second kappa shape index (κ2) is 4.20. The van der Waals surface area contributed by atoms with Crippen molar-refractivity contribution in [3.05, 3.63) is 28.8 Å². The van der Waals surface area contributed by atoms with Crippen LogP contribution in [0.5, 0.6) is 0 Å². The average Bonchev–Trinajstić information content (AvgIpc) is 2.05. The molecule has 1 heterocycles. The van der Waals surface area contributed by atoms with E-state index in [1.807, 2.05) is 18.2 Å². The normalized spacial score (nSPS) is 16.4. The molecule has 1 saturated heterocycles. The summed E-state index contributed by atoms with van der Waals surface area (Å²) in [5, 5.41) is 7.51. The molecular formula is C11H15ClN2. The minimum Gasteiger partial charge on any atom is -0.384 e. The smallest absolute Gasteiger partial charge is 0.0410 e.